The number of hydrogen-bond donors (Lipinski definition) is 1. The van der Waals surface area contributed by atoms with Gasteiger partial charge in [-0.1, -0.05) is 41.9 Å². The Kier molecular flexibility index (Phi) is 9.67. The van der Waals surface area contributed by atoms with Gasteiger partial charge in [0.2, 0.25) is 6.41 Å². The molecule has 240 valence electrons. The molecule has 1 aliphatic carbocycles. The number of fused-ring (bicyclic) bond motifs is 1. The number of carbonyl (C=O) groups is 1. The van der Waals surface area contributed by atoms with E-state index in [0.717, 1.165) is 36.7 Å². The predicted octanol–water partition coefficient (Wildman–Crippen LogP) is 8.59. The maximum atomic E-state index is 15.3. The lowest BCUT2D eigenvalue weighted by Crippen LogP contribution is -2.23. The first kappa shape index (κ1) is 32.9. The normalized spacial score (nSPS) is 13.6. The average molecular weight is 653 g/mol. The summed E-state index contributed by atoms with van der Waals surface area (Å²) in [7, 11) is 1.70. The van der Waals surface area contributed by atoms with Gasteiger partial charge < -0.3 is 10.1 Å². The van der Waals surface area contributed by atoms with Crippen LogP contribution in [0, 0.1) is 24.4 Å². The number of benzene rings is 3. The Morgan fingerprint density at radius 3 is 2.43 bits per heavy atom. The van der Waals surface area contributed by atoms with Crippen molar-refractivity contribution in [1.29, 1.82) is 0 Å². The van der Waals surface area contributed by atoms with Crippen LogP contribution in [0.2, 0.25) is 5.02 Å². The van der Waals surface area contributed by atoms with Crippen LogP contribution in [0.4, 0.5) is 17.6 Å². The van der Waals surface area contributed by atoms with Gasteiger partial charge in [-0.25, -0.2) is 22.5 Å². The third-order valence-electron chi connectivity index (χ3n) is 7.72. The maximum absolute atomic E-state index is 15.3. The number of methoxy groups -OCH3 is 1. The highest BCUT2D eigenvalue weighted by molar-refractivity contribution is 6.31. The van der Waals surface area contributed by atoms with Crippen molar-refractivity contribution < 1.29 is 27.1 Å². The second kappa shape index (κ2) is 13.5. The monoisotopic (exact) mass is 652 g/mol. The number of halogens is 5. The number of rotatable bonds is 9. The SMILES string of the molecule is CC(C)(F)c1cc(C(CNC=O)c2ccccc2)nc(-c2cc(Cl)c(F)cc2F)c1F.COc1cc(C)cc2cn(C3CC3)nc12. The van der Waals surface area contributed by atoms with Gasteiger partial charge in [0.1, 0.15) is 34.3 Å². The van der Waals surface area contributed by atoms with Gasteiger partial charge in [-0.2, -0.15) is 5.10 Å². The molecule has 1 saturated carbocycles. The van der Waals surface area contributed by atoms with Crippen LogP contribution in [-0.4, -0.2) is 34.8 Å². The lowest BCUT2D eigenvalue weighted by atomic mass is 9.90. The molecule has 0 spiro atoms. The molecular weight excluding hydrogens is 620 g/mol. The molecule has 0 bridgehead atoms. The zero-order chi connectivity index (χ0) is 33.2. The smallest absolute Gasteiger partial charge is 0.207 e. The van der Waals surface area contributed by atoms with Crippen LogP contribution in [0.1, 0.15) is 61.0 Å². The van der Waals surface area contributed by atoms with Gasteiger partial charge >= 0.3 is 0 Å². The summed E-state index contributed by atoms with van der Waals surface area (Å²) in [6.45, 7) is 4.49. The standard InChI is InChI=1S/C23H19ClF4N2O.C12H14N2O/c1-23(2,28)16-9-20(15(11-29-12-31)13-6-4-3-5-7-13)30-22(21(16)27)14-8-17(24)19(26)10-18(14)25;1-8-5-9-7-14(10-3-4-10)13-12(9)11(6-8)15-2/h3-10,12,15H,11H2,1-2H3,(H,29,31);5-7,10H,3-4H2,1-2H3. The van der Waals surface area contributed by atoms with E-state index in [1.807, 2.05) is 6.07 Å². The topological polar surface area (TPSA) is 69.0 Å². The first-order valence-corrected chi connectivity index (χ1v) is 15.1. The second-order valence-electron chi connectivity index (χ2n) is 11.7. The highest BCUT2D eigenvalue weighted by atomic mass is 35.5. The quantitative estimate of drug-likeness (QED) is 0.0984. The van der Waals surface area contributed by atoms with Crippen molar-refractivity contribution in [2.24, 2.45) is 0 Å². The van der Waals surface area contributed by atoms with Crippen molar-refractivity contribution in [3.05, 3.63) is 112 Å². The molecule has 1 amide bonds. The van der Waals surface area contributed by atoms with Gasteiger partial charge in [0.05, 0.1) is 23.9 Å². The number of amides is 1. The molecule has 1 unspecified atom stereocenters. The van der Waals surface area contributed by atoms with E-state index >= 15 is 4.39 Å². The van der Waals surface area contributed by atoms with Crippen LogP contribution in [-0.2, 0) is 10.5 Å². The third-order valence-corrected chi connectivity index (χ3v) is 8.01. The Morgan fingerprint density at radius 1 is 1.09 bits per heavy atom. The van der Waals surface area contributed by atoms with E-state index in [9.17, 15) is 18.0 Å². The van der Waals surface area contributed by atoms with Gasteiger partial charge in [-0.05, 0) is 69.0 Å². The number of pyridine rings is 1. The van der Waals surface area contributed by atoms with E-state index in [-0.39, 0.29) is 17.8 Å². The van der Waals surface area contributed by atoms with Gasteiger partial charge in [0.25, 0.3) is 0 Å². The fourth-order valence-corrected chi connectivity index (χ4v) is 5.40. The van der Waals surface area contributed by atoms with Crippen LogP contribution in [0.3, 0.4) is 0 Å². The van der Waals surface area contributed by atoms with Gasteiger partial charge in [0, 0.05) is 41.2 Å². The molecule has 11 heteroatoms. The van der Waals surface area contributed by atoms with Gasteiger partial charge in [-0.3, -0.25) is 9.48 Å². The van der Waals surface area contributed by atoms with Crippen molar-refractivity contribution in [3.8, 4) is 17.0 Å². The predicted molar refractivity (Wildman–Crippen MR) is 170 cm³/mol. The number of aryl methyl sites for hydroxylation is 1. The lowest BCUT2D eigenvalue weighted by Gasteiger charge is -2.23. The minimum atomic E-state index is -2.13. The molecule has 6 rings (SSSR count). The van der Waals surface area contributed by atoms with Crippen molar-refractivity contribution in [1.82, 2.24) is 20.1 Å². The molecule has 46 heavy (non-hydrogen) atoms. The average Bonchev–Trinajstić information content (AvgIpc) is 3.78. The first-order chi connectivity index (χ1) is 21.9. The molecule has 0 saturated heterocycles. The van der Waals surface area contributed by atoms with Crippen molar-refractivity contribution in [2.45, 2.75) is 51.2 Å². The molecule has 1 atom stereocenters. The first-order valence-electron chi connectivity index (χ1n) is 14.7. The van der Waals surface area contributed by atoms with Crippen LogP contribution in [0.5, 0.6) is 5.75 Å². The number of carbonyl (C=O) groups excluding carboxylic acids is 1. The fraction of sp³-hybridized carbons (Fsp3) is 0.286. The number of alkyl halides is 1. The largest absolute Gasteiger partial charge is 0.494 e. The summed E-state index contributed by atoms with van der Waals surface area (Å²) in [5.41, 5.74) is -0.240. The number of aromatic nitrogens is 3. The highest BCUT2D eigenvalue weighted by Gasteiger charge is 2.30. The van der Waals surface area contributed by atoms with Gasteiger partial charge in [-0.15, -0.1) is 0 Å². The summed E-state index contributed by atoms with van der Waals surface area (Å²) >= 11 is 5.77. The molecule has 0 aliphatic heterocycles. The Balaban J connectivity index is 0.000000229. The lowest BCUT2D eigenvalue weighted by molar-refractivity contribution is -0.109. The zero-order valence-corrected chi connectivity index (χ0v) is 26.5. The van der Waals surface area contributed by atoms with E-state index in [1.54, 1.807) is 37.4 Å². The third kappa shape index (κ3) is 7.17. The molecule has 6 nitrogen and oxygen atoms in total. The minimum Gasteiger partial charge on any atom is -0.494 e. The van der Waals surface area contributed by atoms with Gasteiger partial charge in [0.15, 0.2) is 5.82 Å². The highest BCUT2D eigenvalue weighted by Crippen LogP contribution is 2.38. The van der Waals surface area contributed by atoms with E-state index in [1.165, 1.54) is 29.9 Å². The summed E-state index contributed by atoms with van der Waals surface area (Å²) in [6, 6.07) is 16.4. The second-order valence-corrected chi connectivity index (χ2v) is 12.1. The van der Waals surface area contributed by atoms with E-state index in [0.29, 0.717) is 18.5 Å². The molecule has 3 aromatic carbocycles. The molecule has 5 aromatic rings. The molecule has 1 fully saturated rings. The van der Waals surface area contributed by atoms with Crippen LogP contribution in [0.25, 0.3) is 22.2 Å². The van der Waals surface area contributed by atoms with Crippen LogP contribution in [0.15, 0.2) is 66.9 Å². The fourth-order valence-electron chi connectivity index (χ4n) is 5.23. The Morgan fingerprint density at radius 2 is 1.80 bits per heavy atom. The molecular formula is C35H33ClF4N4O2. The molecule has 1 N–H and O–H groups in total. The maximum Gasteiger partial charge on any atom is 0.207 e. The summed E-state index contributed by atoms with van der Waals surface area (Å²) in [6.07, 6.45) is 5.15. The Hall–Kier alpha value is -4.44. The van der Waals surface area contributed by atoms with Crippen molar-refractivity contribution in [3.63, 3.8) is 0 Å². The van der Waals surface area contributed by atoms with Crippen LogP contribution >= 0.6 is 11.6 Å². The summed E-state index contributed by atoms with van der Waals surface area (Å²) in [4.78, 5) is 15.2. The summed E-state index contributed by atoms with van der Waals surface area (Å²) in [5, 5.41) is 7.89. The Labute approximate surface area is 269 Å². The van der Waals surface area contributed by atoms with E-state index < -0.39 is 45.3 Å². The molecule has 0 radical (unpaired) electrons. The summed E-state index contributed by atoms with van der Waals surface area (Å²) < 4.78 is 65.8. The van der Waals surface area contributed by atoms with E-state index in [2.05, 4.69) is 39.3 Å². The molecule has 2 heterocycles. The van der Waals surface area contributed by atoms with Crippen molar-refractivity contribution >= 4 is 28.9 Å². The Bertz CT molecular complexity index is 1870. The number of hydrogen-bond acceptors (Lipinski definition) is 4. The number of ether oxygens (including phenoxy) is 1. The number of nitrogens with one attached hydrogen (secondary N) is 1. The van der Waals surface area contributed by atoms with Crippen LogP contribution < -0.4 is 10.1 Å². The van der Waals surface area contributed by atoms with Crippen molar-refractivity contribution in [2.75, 3.05) is 13.7 Å². The number of nitrogens with zero attached hydrogens (tertiary/aromatic N) is 3. The molecule has 1 aliphatic rings. The summed E-state index contributed by atoms with van der Waals surface area (Å²) in [5.74, 6) is -2.87. The minimum absolute atomic E-state index is 0.0877. The zero-order valence-electron chi connectivity index (χ0n) is 25.8. The van der Waals surface area contributed by atoms with E-state index in [4.69, 9.17) is 16.3 Å². The molecule has 2 aromatic heterocycles.